The first kappa shape index (κ1) is 15.4. The number of carbonyl (C=O) groups excluding carboxylic acids is 1. The van der Waals surface area contributed by atoms with Crippen LogP contribution in [0.3, 0.4) is 0 Å². The molecule has 0 aliphatic heterocycles. The number of hydrogen-bond acceptors (Lipinski definition) is 3. The van der Waals surface area contributed by atoms with Gasteiger partial charge in [0.25, 0.3) is 0 Å². The second-order valence-corrected chi connectivity index (χ2v) is 8.69. The van der Waals surface area contributed by atoms with Gasteiger partial charge in [-0.05, 0) is 38.9 Å². The largest absolute Gasteiger partial charge is 0.463 e. The Bertz CT molecular complexity index is 224. The lowest BCUT2D eigenvalue weighted by Gasteiger charge is -2.22. The molecule has 0 rings (SSSR count). The van der Waals surface area contributed by atoms with Crippen molar-refractivity contribution in [2.24, 2.45) is 0 Å². The van der Waals surface area contributed by atoms with Crippen LogP contribution in [0.5, 0.6) is 0 Å². The molecule has 0 amide bonds. The van der Waals surface area contributed by atoms with E-state index in [1.807, 2.05) is 0 Å². The number of rotatable bonds is 8. The predicted octanol–water partition coefficient (Wildman–Crippen LogP) is 3.13. The van der Waals surface area contributed by atoms with Crippen LogP contribution in [0, 0.1) is 0 Å². The summed E-state index contributed by atoms with van der Waals surface area (Å²) in [6.07, 6.45) is 5.08. The lowest BCUT2D eigenvalue weighted by atomic mass is 10.5. The van der Waals surface area contributed by atoms with E-state index in [9.17, 15) is 4.79 Å². The molecular formula is C12H24O3Si. The van der Waals surface area contributed by atoms with E-state index < -0.39 is 8.32 Å². The quantitative estimate of drug-likeness (QED) is 0.285. The second kappa shape index (κ2) is 8.53. The van der Waals surface area contributed by atoms with Crippen LogP contribution in [0.1, 0.15) is 26.7 Å². The Morgan fingerprint density at radius 1 is 1.31 bits per heavy atom. The van der Waals surface area contributed by atoms with Gasteiger partial charge in [-0.25, -0.2) is 4.79 Å². The van der Waals surface area contributed by atoms with Crippen LogP contribution in [0.15, 0.2) is 12.2 Å². The van der Waals surface area contributed by atoms with Gasteiger partial charge >= 0.3 is 5.97 Å². The molecule has 0 aromatic carbocycles. The van der Waals surface area contributed by atoms with E-state index in [0.29, 0.717) is 6.61 Å². The Balaban J connectivity index is 3.60. The van der Waals surface area contributed by atoms with Gasteiger partial charge in [0.1, 0.15) is 0 Å². The molecule has 3 nitrogen and oxygen atoms in total. The lowest BCUT2D eigenvalue weighted by Crippen LogP contribution is -2.30. The normalized spacial score (nSPS) is 12.0. The van der Waals surface area contributed by atoms with Crippen molar-refractivity contribution in [3.63, 3.8) is 0 Å². The molecule has 0 radical (unpaired) electrons. The SMILES string of the molecule is CC=CC(=O)OCCC[Si](C)(C)OCCC. The molecular weight excluding hydrogens is 220 g/mol. The number of hydrogen-bond donors (Lipinski definition) is 0. The van der Waals surface area contributed by atoms with Crippen molar-refractivity contribution in [3.8, 4) is 0 Å². The van der Waals surface area contributed by atoms with Crippen molar-refractivity contribution in [1.82, 2.24) is 0 Å². The monoisotopic (exact) mass is 244 g/mol. The molecule has 0 aliphatic carbocycles. The van der Waals surface area contributed by atoms with Crippen LogP contribution in [0.4, 0.5) is 0 Å². The molecule has 0 N–H and O–H groups in total. The number of allylic oxidation sites excluding steroid dienone is 1. The third kappa shape index (κ3) is 8.68. The minimum absolute atomic E-state index is 0.253. The van der Waals surface area contributed by atoms with E-state index in [-0.39, 0.29) is 5.97 Å². The summed E-state index contributed by atoms with van der Waals surface area (Å²) in [6.45, 7) is 9.67. The Morgan fingerprint density at radius 2 is 2.00 bits per heavy atom. The fraction of sp³-hybridized carbons (Fsp3) is 0.750. The smallest absolute Gasteiger partial charge is 0.330 e. The van der Waals surface area contributed by atoms with Crippen LogP contribution in [0.2, 0.25) is 19.1 Å². The standard InChI is InChI=1S/C12H24O3Si/c1-5-8-12(13)14-10-7-11-16(3,4)15-9-6-2/h5,8H,6-7,9-11H2,1-4H3. The minimum Gasteiger partial charge on any atom is -0.463 e. The van der Waals surface area contributed by atoms with Gasteiger partial charge in [-0.1, -0.05) is 13.0 Å². The van der Waals surface area contributed by atoms with Gasteiger partial charge in [-0.3, -0.25) is 0 Å². The number of ether oxygens (including phenoxy) is 1. The highest BCUT2D eigenvalue weighted by molar-refractivity contribution is 6.71. The summed E-state index contributed by atoms with van der Waals surface area (Å²) >= 11 is 0. The maximum atomic E-state index is 11.0. The number of carbonyl (C=O) groups is 1. The third-order valence-electron chi connectivity index (χ3n) is 2.17. The summed E-state index contributed by atoms with van der Waals surface area (Å²) in [5.41, 5.74) is 0. The molecule has 0 saturated heterocycles. The Labute approximate surface area is 100.0 Å². The molecule has 0 atom stereocenters. The first-order valence-electron chi connectivity index (χ1n) is 5.95. The van der Waals surface area contributed by atoms with Crippen molar-refractivity contribution in [2.75, 3.05) is 13.2 Å². The fourth-order valence-electron chi connectivity index (χ4n) is 1.31. The zero-order valence-corrected chi connectivity index (χ0v) is 11.9. The van der Waals surface area contributed by atoms with Gasteiger partial charge in [0.05, 0.1) is 6.61 Å². The topological polar surface area (TPSA) is 35.5 Å². The van der Waals surface area contributed by atoms with Gasteiger partial charge in [0.2, 0.25) is 0 Å². The van der Waals surface area contributed by atoms with Crippen LogP contribution in [-0.4, -0.2) is 27.5 Å². The summed E-state index contributed by atoms with van der Waals surface area (Å²) < 4.78 is 10.8. The average molecular weight is 244 g/mol. The van der Waals surface area contributed by atoms with Gasteiger partial charge in [0, 0.05) is 12.7 Å². The zero-order valence-electron chi connectivity index (χ0n) is 10.9. The molecule has 0 spiro atoms. The fourth-order valence-corrected chi connectivity index (χ4v) is 3.20. The summed E-state index contributed by atoms with van der Waals surface area (Å²) in [5.74, 6) is -0.253. The molecule has 0 aromatic heterocycles. The summed E-state index contributed by atoms with van der Waals surface area (Å²) in [6, 6.07) is 1.04. The highest BCUT2D eigenvalue weighted by atomic mass is 28.4. The van der Waals surface area contributed by atoms with Crippen molar-refractivity contribution < 1.29 is 14.0 Å². The number of esters is 1. The first-order valence-corrected chi connectivity index (χ1v) is 9.07. The first-order chi connectivity index (χ1) is 7.52. The Kier molecular flexibility index (Phi) is 8.20. The van der Waals surface area contributed by atoms with Crippen molar-refractivity contribution in [3.05, 3.63) is 12.2 Å². The van der Waals surface area contributed by atoms with E-state index in [4.69, 9.17) is 9.16 Å². The highest BCUT2D eigenvalue weighted by Gasteiger charge is 2.21. The summed E-state index contributed by atoms with van der Waals surface area (Å²) in [5, 5.41) is 0. The molecule has 0 aromatic rings. The van der Waals surface area contributed by atoms with Gasteiger partial charge < -0.3 is 9.16 Å². The van der Waals surface area contributed by atoms with Crippen LogP contribution >= 0.6 is 0 Å². The maximum absolute atomic E-state index is 11.0. The van der Waals surface area contributed by atoms with E-state index in [2.05, 4.69) is 20.0 Å². The molecule has 16 heavy (non-hydrogen) atoms. The predicted molar refractivity (Wildman–Crippen MR) is 68.9 cm³/mol. The van der Waals surface area contributed by atoms with Gasteiger partial charge in [0.15, 0.2) is 8.32 Å². The minimum atomic E-state index is -1.52. The molecule has 4 heteroatoms. The second-order valence-electron chi connectivity index (χ2n) is 4.38. The maximum Gasteiger partial charge on any atom is 0.330 e. The van der Waals surface area contributed by atoms with Gasteiger partial charge in [-0.2, -0.15) is 0 Å². The molecule has 0 saturated carbocycles. The van der Waals surface area contributed by atoms with E-state index in [1.165, 1.54) is 6.08 Å². The Morgan fingerprint density at radius 3 is 2.56 bits per heavy atom. The van der Waals surface area contributed by atoms with Crippen LogP contribution in [0.25, 0.3) is 0 Å². The van der Waals surface area contributed by atoms with Gasteiger partial charge in [-0.15, -0.1) is 0 Å². The summed E-state index contributed by atoms with van der Waals surface area (Å²) in [4.78, 5) is 11.0. The molecule has 0 fully saturated rings. The molecule has 0 bridgehead atoms. The molecule has 0 aliphatic rings. The highest BCUT2D eigenvalue weighted by Crippen LogP contribution is 2.14. The zero-order chi connectivity index (χ0) is 12.4. The average Bonchev–Trinajstić information content (AvgIpc) is 2.22. The van der Waals surface area contributed by atoms with Crippen LogP contribution in [-0.2, 0) is 14.0 Å². The molecule has 0 heterocycles. The van der Waals surface area contributed by atoms with E-state index in [1.54, 1.807) is 13.0 Å². The third-order valence-corrected chi connectivity index (χ3v) is 4.71. The van der Waals surface area contributed by atoms with E-state index >= 15 is 0 Å². The molecule has 0 unspecified atom stereocenters. The Hall–Kier alpha value is -0.613. The van der Waals surface area contributed by atoms with Crippen molar-refractivity contribution in [1.29, 1.82) is 0 Å². The lowest BCUT2D eigenvalue weighted by molar-refractivity contribution is -0.137. The van der Waals surface area contributed by atoms with E-state index in [0.717, 1.165) is 25.5 Å². The molecule has 94 valence electrons. The summed E-state index contributed by atoms with van der Waals surface area (Å²) in [7, 11) is -1.52. The van der Waals surface area contributed by atoms with Crippen LogP contribution < -0.4 is 0 Å². The van der Waals surface area contributed by atoms with Crippen molar-refractivity contribution >= 4 is 14.3 Å². The van der Waals surface area contributed by atoms with Crippen molar-refractivity contribution in [2.45, 2.75) is 45.8 Å².